The standard InChI is InChI=1S/C67H74ClFN12O11S/c1-42-50(24-25-54(58(42)68)88-36-35-81-33-29-78(3)30-34-81)56-57-62(74-41-75-63(57)93-59(56)44-18-20-47(69)21-19-44)92-55(64(83)84)37-45-11-7-9-15-53(45)89-40-49-26-28-72-60(76-49)51-13-8-6-12-46(51)39-91-67(87)80(5)32-31-79(4)66(86)90-38-43-16-22-48(23-17-43)77-61(82)52(71-2)14-10-27-73-65(70)85/h6-9,11-13,15-26,28,41,52,55,71H,10,14,27,29-40H2,1-5H3,(H,77,82)(H,83,84)(H3,70,73,85). The third-order valence-electron chi connectivity index (χ3n) is 15.7. The van der Waals surface area contributed by atoms with Crippen molar-refractivity contribution in [3.63, 3.8) is 0 Å². The van der Waals surface area contributed by atoms with Gasteiger partial charge in [0, 0.05) is 106 Å². The molecule has 0 saturated carbocycles. The van der Waals surface area contributed by atoms with Crippen LogP contribution < -0.4 is 35.9 Å². The molecule has 1 aliphatic heterocycles. The average molecular weight is 1310 g/mol. The number of nitrogens with zero attached hydrogens (tertiary/aromatic N) is 8. The number of aliphatic carboxylic acids is 1. The van der Waals surface area contributed by atoms with E-state index in [2.05, 4.69) is 47.7 Å². The van der Waals surface area contributed by atoms with E-state index in [0.717, 1.165) is 37.6 Å². The zero-order chi connectivity index (χ0) is 66.0. The van der Waals surface area contributed by atoms with Gasteiger partial charge in [-0.2, -0.15) is 0 Å². The van der Waals surface area contributed by atoms with Gasteiger partial charge >= 0.3 is 24.2 Å². The molecule has 1 fully saturated rings. The van der Waals surface area contributed by atoms with Crippen LogP contribution in [0, 0.1) is 12.7 Å². The molecule has 488 valence electrons. The lowest BCUT2D eigenvalue weighted by atomic mass is 9.96. The number of nitrogens with two attached hydrogens (primary N) is 1. The van der Waals surface area contributed by atoms with Gasteiger partial charge in [0.1, 0.15) is 54.9 Å². The Balaban J connectivity index is 0.799. The van der Waals surface area contributed by atoms with Crippen LogP contribution in [0.1, 0.15) is 40.8 Å². The number of rotatable bonds is 29. The number of nitrogens with one attached hydrogen (secondary N) is 3. The quantitative estimate of drug-likeness (QED) is 0.0273. The largest absolute Gasteiger partial charge is 0.491 e. The highest BCUT2D eigenvalue weighted by Crippen LogP contribution is 2.49. The molecule has 2 atom stereocenters. The molecule has 0 bridgehead atoms. The number of benzene rings is 5. The smallest absolute Gasteiger partial charge is 0.409 e. The minimum atomic E-state index is -1.46. The van der Waals surface area contributed by atoms with Crippen molar-refractivity contribution in [3.8, 4) is 50.3 Å². The molecule has 8 aromatic rings. The fourth-order valence-corrected chi connectivity index (χ4v) is 11.6. The van der Waals surface area contributed by atoms with E-state index in [0.29, 0.717) is 114 Å². The van der Waals surface area contributed by atoms with E-state index < -0.39 is 42.1 Å². The number of fused-ring (bicyclic) bond motifs is 1. The molecule has 0 spiro atoms. The van der Waals surface area contributed by atoms with Gasteiger partial charge in [-0.15, -0.1) is 11.3 Å². The second-order valence-electron chi connectivity index (χ2n) is 22.2. The predicted octanol–water partition coefficient (Wildman–Crippen LogP) is 9.68. The summed E-state index contributed by atoms with van der Waals surface area (Å²) in [7, 11) is 6.90. The third kappa shape index (κ3) is 18.4. The van der Waals surface area contributed by atoms with E-state index in [1.807, 2.05) is 31.2 Å². The lowest BCUT2D eigenvalue weighted by molar-refractivity contribution is -0.145. The van der Waals surface area contributed by atoms with Crippen molar-refractivity contribution in [2.24, 2.45) is 5.73 Å². The van der Waals surface area contributed by atoms with Gasteiger partial charge in [-0.25, -0.2) is 43.5 Å². The number of primary amides is 1. The molecule has 93 heavy (non-hydrogen) atoms. The number of anilines is 1. The maximum absolute atomic E-state index is 14.4. The number of aromatic nitrogens is 4. The summed E-state index contributed by atoms with van der Waals surface area (Å²) in [5.41, 5.74) is 11.4. The predicted molar refractivity (Wildman–Crippen MR) is 352 cm³/mol. The Morgan fingerprint density at radius 2 is 1.49 bits per heavy atom. The number of urea groups is 1. The van der Waals surface area contributed by atoms with Gasteiger partial charge in [0.25, 0.3) is 0 Å². The van der Waals surface area contributed by atoms with Crippen LogP contribution >= 0.6 is 22.9 Å². The zero-order valence-electron chi connectivity index (χ0n) is 52.2. The number of carbonyl (C=O) groups is 5. The van der Waals surface area contributed by atoms with Crippen molar-refractivity contribution in [2.75, 3.05) is 92.5 Å². The third-order valence-corrected chi connectivity index (χ3v) is 17.3. The van der Waals surface area contributed by atoms with Crippen molar-refractivity contribution in [3.05, 3.63) is 167 Å². The highest BCUT2D eigenvalue weighted by Gasteiger charge is 2.29. The minimum absolute atomic E-state index is 0.0252. The summed E-state index contributed by atoms with van der Waals surface area (Å²) in [5, 5.41) is 20.0. The summed E-state index contributed by atoms with van der Waals surface area (Å²) in [5.74, 6) is -0.601. The molecule has 4 heterocycles. The number of ether oxygens (including phenoxy) is 5. The van der Waals surface area contributed by atoms with Crippen molar-refractivity contribution in [2.45, 2.75) is 58.2 Å². The molecule has 5 aromatic carbocycles. The number of thiophene rings is 1. The molecule has 3 aromatic heterocycles. The van der Waals surface area contributed by atoms with Crippen molar-refractivity contribution < 1.29 is 57.2 Å². The first-order valence-electron chi connectivity index (χ1n) is 30.2. The van der Waals surface area contributed by atoms with E-state index >= 15 is 0 Å². The molecular formula is C67H74ClFN12O11S. The summed E-state index contributed by atoms with van der Waals surface area (Å²) in [6.45, 7) is 7.44. The van der Waals surface area contributed by atoms with E-state index in [-0.39, 0.29) is 51.1 Å². The number of halogens is 2. The molecule has 1 saturated heterocycles. The highest BCUT2D eigenvalue weighted by atomic mass is 35.5. The van der Waals surface area contributed by atoms with Crippen LogP contribution in [0.4, 0.5) is 24.5 Å². The van der Waals surface area contributed by atoms with Crippen molar-refractivity contribution in [1.82, 2.24) is 50.2 Å². The number of carbonyl (C=O) groups excluding carboxylic acids is 4. The van der Waals surface area contributed by atoms with Gasteiger partial charge in [-0.05, 0) is 104 Å². The second kappa shape index (κ2) is 32.7. The lowest BCUT2D eigenvalue weighted by Gasteiger charge is -2.32. The topological polar surface area (TPSA) is 278 Å². The highest BCUT2D eigenvalue weighted by molar-refractivity contribution is 7.22. The number of carboxylic acid groups (broad SMARTS) is 1. The first-order chi connectivity index (χ1) is 44.9. The lowest BCUT2D eigenvalue weighted by Crippen LogP contribution is -2.45. The molecule has 2 unspecified atom stereocenters. The average Bonchev–Trinajstić information content (AvgIpc) is 1.79. The zero-order valence-corrected chi connectivity index (χ0v) is 53.8. The van der Waals surface area contributed by atoms with E-state index in [1.54, 1.807) is 106 Å². The van der Waals surface area contributed by atoms with Crippen LogP contribution in [0.3, 0.4) is 0 Å². The Morgan fingerprint density at radius 3 is 2.20 bits per heavy atom. The summed E-state index contributed by atoms with van der Waals surface area (Å²) in [6, 6.07) is 31.6. The van der Waals surface area contributed by atoms with E-state index in [4.69, 9.17) is 46.0 Å². The SMILES string of the molecule is CNC(CCCNC(N)=O)C(=O)Nc1ccc(COC(=O)N(C)CCN(C)C(=O)OCc2ccccc2-c2nccc(COc3ccccc3CC(Oc3ncnc4sc(-c5ccc(F)cc5)c(-c5ccc(OCCN6CCN(C)CC6)c(Cl)c5C)c34)C(=O)O)n2)cc1. The normalized spacial score (nSPS) is 13.2. The number of piperazine rings is 1. The first-order valence-corrected chi connectivity index (χ1v) is 31.4. The number of para-hydroxylation sites is 1. The molecule has 26 heteroatoms. The number of hydrogen-bond acceptors (Lipinski definition) is 18. The monoisotopic (exact) mass is 1310 g/mol. The number of carboxylic acids is 1. The first kappa shape index (κ1) is 67.9. The maximum Gasteiger partial charge on any atom is 0.409 e. The summed E-state index contributed by atoms with van der Waals surface area (Å²) < 4.78 is 44.6. The fourth-order valence-electron chi connectivity index (χ4n) is 10.2. The Hall–Kier alpha value is -9.53. The van der Waals surface area contributed by atoms with Crippen LogP contribution in [-0.2, 0) is 45.3 Å². The van der Waals surface area contributed by atoms with E-state index in [9.17, 15) is 33.5 Å². The molecule has 5 amide bonds. The molecular weight excluding hydrogens is 1240 g/mol. The van der Waals surface area contributed by atoms with Gasteiger partial charge in [-0.3, -0.25) is 9.69 Å². The summed E-state index contributed by atoms with van der Waals surface area (Å²) >= 11 is 8.44. The van der Waals surface area contributed by atoms with Crippen LogP contribution in [0.5, 0.6) is 17.4 Å². The Kier molecular flexibility index (Phi) is 23.8. The van der Waals surface area contributed by atoms with Crippen LogP contribution in [0.25, 0.3) is 43.2 Å². The Bertz CT molecular complexity index is 3900. The molecule has 1 aliphatic rings. The van der Waals surface area contributed by atoms with Crippen molar-refractivity contribution in [1.29, 1.82) is 0 Å². The van der Waals surface area contributed by atoms with Gasteiger partial charge in [-0.1, -0.05) is 84.4 Å². The van der Waals surface area contributed by atoms with E-state index in [1.165, 1.54) is 39.6 Å². The number of amides is 5. The molecule has 6 N–H and O–H groups in total. The Labute approximate surface area is 546 Å². The molecule has 0 aliphatic carbocycles. The molecule has 23 nitrogen and oxygen atoms in total. The maximum atomic E-state index is 14.4. The molecule has 9 rings (SSSR count). The van der Waals surface area contributed by atoms with Gasteiger partial charge in [0.05, 0.1) is 22.1 Å². The van der Waals surface area contributed by atoms with Gasteiger partial charge in [0.15, 0.2) is 5.82 Å². The fraction of sp³-hybridized carbons (Fsp3) is 0.328. The van der Waals surface area contributed by atoms with Crippen molar-refractivity contribution >= 4 is 68.9 Å². The van der Waals surface area contributed by atoms with Crippen LogP contribution in [0.2, 0.25) is 5.02 Å². The second-order valence-corrected chi connectivity index (χ2v) is 23.6. The summed E-state index contributed by atoms with van der Waals surface area (Å²) in [6.07, 6.45) is 1.12. The number of likely N-dealkylation sites (N-methyl/N-ethyl adjacent to an activating group) is 4. The van der Waals surface area contributed by atoms with Gasteiger partial charge in [0.2, 0.25) is 17.9 Å². The summed E-state index contributed by atoms with van der Waals surface area (Å²) in [4.78, 5) is 90.2. The van der Waals surface area contributed by atoms with Crippen LogP contribution in [0.15, 0.2) is 128 Å². The minimum Gasteiger partial charge on any atom is -0.491 e. The number of hydrogen-bond donors (Lipinski definition) is 5. The Morgan fingerprint density at radius 1 is 0.796 bits per heavy atom. The molecule has 0 radical (unpaired) electrons. The van der Waals surface area contributed by atoms with Crippen LogP contribution in [-0.4, -0.2) is 174 Å². The van der Waals surface area contributed by atoms with Gasteiger partial charge < -0.3 is 65.2 Å².